The number of nitrogens with zero attached hydrogens (tertiary/aromatic N) is 3. The van der Waals surface area contributed by atoms with Crippen LogP contribution in [0.1, 0.15) is 42.7 Å². The molecule has 1 heterocycles. The molecule has 31 heavy (non-hydrogen) atoms. The Balaban J connectivity index is 1.79. The molecule has 0 spiro atoms. The molecule has 1 aliphatic rings. The van der Waals surface area contributed by atoms with Gasteiger partial charge in [-0.3, -0.25) is 14.9 Å². The lowest BCUT2D eigenvalue weighted by Crippen LogP contribution is -2.41. The van der Waals surface area contributed by atoms with Gasteiger partial charge in [0.15, 0.2) is 0 Å². The van der Waals surface area contributed by atoms with Crippen LogP contribution < -0.4 is 5.32 Å². The van der Waals surface area contributed by atoms with Crippen molar-refractivity contribution in [2.75, 3.05) is 0 Å². The number of fused-ring (bicyclic) bond motifs is 3. The Kier molecular flexibility index (Phi) is 5.47. The van der Waals surface area contributed by atoms with Crippen molar-refractivity contribution in [2.45, 2.75) is 45.7 Å². The van der Waals surface area contributed by atoms with Gasteiger partial charge in [-0.15, -0.1) is 0 Å². The standard InChI is InChI=1S/C24H24N4O3/c1-15(2)24(29)26-18-8-10-23-20(12-18)19-11-16(13-25)7-9-22(19)27(23)14-17-5-3-4-6-21(17)28(30)31/h3-7,9,11,15,18H,8,10,12,14H2,1-2H3,(H,26,29). The van der Waals surface area contributed by atoms with Gasteiger partial charge < -0.3 is 9.88 Å². The van der Waals surface area contributed by atoms with Crippen LogP contribution in [0.15, 0.2) is 42.5 Å². The number of carbonyl (C=O) groups excluding carboxylic acids is 1. The number of rotatable bonds is 5. The minimum atomic E-state index is -0.348. The third-order valence-electron chi connectivity index (χ3n) is 5.98. The summed E-state index contributed by atoms with van der Waals surface area (Å²) in [7, 11) is 0. The molecule has 0 saturated heterocycles. The quantitative estimate of drug-likeness (QED) is 0.500. The SMILES string of the molecule is CC(C)C(=O)NC1CCc2c(c3cc(C#N)ccc3n2Cc2ccccc2[N+](=O)[O-])C1. The molecule has 1 atom stereocenters. The van der Waals surface area contributed by atoms with E-state index in [9.17, 15) is 20.2 Å². The van der Waals surface area contributed by atoms with Crippen molar-refractivity contribution in [1.29, 1.82) is 5.26 Å². The lowest BCUT2D eigenvalue weighted by atomic mass is 9.90. The summed E-state index contributed by atoms with van der Waals surface area (Å²) in [6.45, 7) is 4.14. The molecule has 1 amide bonds. The summed E-state index contributed by atoms with van der Waals surface area (Å²) in [6.07, 6.45) is 2.25. The number of amides is 1. The highest BCUT2D eigenvalue weighted by molar-refractivity contribution is 5.87. The lowest BCUT2D eigenvalue weighted by molar-refractivity contribution is -0.385. The molecule has 158 valence electrons. The molecule has 7 nitrogen and oxygen atoms in total. The van der Waals surface area contributed by atoms with Crippen LogP contribution in [-0.4, -0.2) is 21.4 Å². The summed E-state index contributed by atoms with van der Waals surface area (Å²) in [6, 6.07) is 14.6. The highest BCUT2D eigenvalue weighted by Gasteiger charge is 2.28. The van der Waals surface area contributed by atoms with Crippen LogP contribution >= 0.6 is 0 Å². The van der Waals surface area contributed by atoms with Crippen LogP contribution in [0.3, 0.4) is 0 Å². The molecule has 1 N–H and O–H groups in total. The number of aromatic nitrogens is 1. The highest BCUT2D eigenvalue weighted by atomic mass is 16.6. The Morgan fingerprint density at radius 3 is 2.81 bits per heavy atom. The van der Waals surface area contributed by atoms with Gasteiger partial charge in [0.25, 0.3) is 5.69 Å². The third kappa shape index (κ3) is 3.89. The van der Waals surface area contributed by atoms with E-state index in [1.165, 1.54) is 6.07 Å². The van der Waals surface area contributed by atoms with Gasteiger partial charge in [-0.2, -0.15) is 5.26 Å². The number of hydrogen-bond donors (Lipinski definition) is 1. The van der Waals surface area contributed by atoms with E-state index in [4.69, 9.17) is 0 Å². The molecule has 0 bridgehead atoms. The monoisotopic (exact) mass is 416 g/mol. The summed E-state index contributed by atoms with van der Waals surface area (Å²) in [5.41, 5.74) is 4.52. The largest absolute Gasteiger partial charge is 0.353 e. The zero-order chi connectivity index (χ0) is 22.1. The molecular weight excluding hydrogens is 392 g/mol. The molecular formula is C24H24N4O3. The van der Waals surface area contributed by atoms with Gasteiger partial charge in [0.2, 0.25) is 5.91 Å². The number of carbonyl (C=O) groups is 1. The number of hydrogen-bond acceptors (Lipinski definition) is 4. The van der Waals surface area contributed by atoms with E-state index in [0.717, 1.165) is 35.0 Å². The van der Waals surface area contributed by atoms with Crippen molar-refractivity contribution in [2.24, 2.45) is 5.92 Å². The average molecular weight is 416 g/mol. The smallest absolute Gasteiger partial charge is 0.274 e. The van der Waals surface area contributed by atoms with Crippen LogP contribution in [0, 0.1) is 27.4 Å². The zero-order valence-corrected chi connectivity index (χ0v) is 17.6. The molecule has 0 aliphatic heterocycles. The third-order valence-corrected chi connectivity index (χ3v) is 5.98. The Morgan fingerprint density at radius 2 is 2.10 bits per heavy atom. The lowest BCUT2D eigenvalue weighted by Gasteiger charge is -2.26. The molecule has 1 unspecified atom stereocenters. The molecule has 2 aromatic carbocycles. The predicted octanol–water partition coefficient (Wildman–Crippen LogP) is 4.10. The molecule has 7 heteroatoms. The molecule has 0 saturated carbocycles. The molecule has 4 rings (SSSR count). The van der Waals surface area contributed by atoms with Gasteiger partial charge in [0.1, 0.15) is 0 Å². The van der Waals surface area contributed by atoms with E-state index in [-0.39, 0.29) is 28.5 Å². The number of para-hydroxylation sites is 1. The van der Waals surface area contributed by atoms with Crippen molar-refractivity contribution in [3.8, 4) is 6.07 Å². The first-order valence-electron chi connectivity index (χ1n) is 10.5. The fourth-order valence-corrected chi connectivity index (χ4v) is 4.38. The highest BCUT2D eigenvalue weighted by Crippen LogP contribution is 2.34. The van der Waals surface area contributed by atoms with Crippen molar-refractivity contribution in [1.82, 2.24) is 9.88 Å². The predicted molar refractivity (Wildman–Crippen MR) is 118 cm³/mol. The molecule has 1 aliphatic carbocycles. The Labute approximate surface area is 180 Å². The van der Waals surface area contributed by atoms with Crippen molar-refractivity contribution in [3.63, 3.8) is 0 Å². The van der Waals surface area contributed by atoms with Gasteiger partial charge in [-0.1, -0.05) is 32.0 Å². The molecule has 1 aromatic heterocycles. The Bertz CT molecular complexity index is 1220. The first-order chi connectivity index (χ1) is 14.9. The van der Waals surface area contributed by atoms with Gasteiger partial charge in [0, 0.05) is 40.2 Å². The summed E-state index contributed by atoms with van der Waals surface area (Å²) < 4.78 is 2.13. The van der Waals surface area contributed by atoms with E-state index < -0.39 is 0 Å². The van der Waals surface area contributed by atoms with Gasteiger partial charge in [0.05, 0.1) is 23.1 Å². The summed E-state index contributed by atoms with van der Waals surface area (Å²) >= 11 is 0. The summed E-state index contributed by atoms with van der Waals surface area (Å²) in [4.78, 5) is 23.4. The minimum absolute atomic E-state index is 0.0369. The minimum Gasteiger partial charge on any atom is -0.353 e. The zero-order valence-electron chi connectivity index (χ0n) is 17.6. The Morgan fingerprint density at radius 1 is 1.32 bits per heavy atom. The average Bonchev–Trinajstić information content (AvgIpc) is 3.06. The summed E-state index contributed by atoms with van der Waals surface area (Å²) in [5, 5.41) is 25.0. The number of nitriles is 1. The van der Waals surface area contributed by atoms with E-state index in [0.29, 0.717) is 24.1 Å². The normalized spacial score (nSPS) is 15.5. The van der Waals surface area contributed by atoms with Gasteiger partial charge in [-0.05, 0) is 43.0 Å². The topological polar surface area (TPSA) is 101 Å². The second kappa shape index (κ2) is 8.23. The van der Waals surface area contributed by atoms with Crippen molar-refractivity contribution >= 4 is 22.5 Å². The molecule has 0 fully saturated rings. The number of nitro groups is 1. The summed E-state index contributed by atoms with van der Waals surface area (Å²) in [5.74, 6) is -0.0404. The van der Waals surface area contributed by atoms with Crippen LogP contribution in [0.25, 0.3) is 10.9 Å². The van der Waals surface area contributed by atoms with E-state index in [1.807, 2.05) is 32.0 Å². The second-order valence-corrected chi connectivity index (χ2v) is 8.34. The fraction of sp³-hybridized carbons (Fsp3) is 0.333. The first-order valence-corrected chi connectivity index (χ1v) is 10.5. The second-order valence-electron chi connectivity index (χ2n) is 8.34. The maximum Gasteiger partial charge on any atom is 0.274 e. The van der Waals surface area contributed by atoms with Crippen LogP contribution in [0.5, 0.6) is 0 Å². The first kappa shape index (κ1) is 20.6. The maximum absolute atomic E-state index is 12.2. The van der Waals surface area contributed by atoms with Gasteiger partial charge >= 0.3 is 0 Å². The Hall–Kier alpha value is -3.66. The van der Waals surface area contributed by atoms with E-state index in [1.54, 1.807) is 18.2 Å². The molecule has 3 aromatic rings. The van der Waals surface area contributed by atoms with Crippen LogP contribution in [0.2, 0.25) is 0 Å². The van der Waals surface area contributed by atoms with E-state index in [2.05, 4.69) is 16.0 Å². The molecule has 0 radical (unpaired) electrons. The maximum atomic E-state index is 12.2. The van der Waals surface area contributed by atoms with Crippen molar-refractivity contribution in [3.05, 3.63) is 75.0 Å². The number of nitrogens with one attached hydrogen (secondary N) is 1. The van der Waals surface area contributed by atoms with Crippen LogP contribution in [0.4, 0.5) is 5.69 Å². The van der Waals surface area contributed by atoms with Gasteiger partial charge in [-0.25, -0.2) is 0 Å². The van der Waals surface area contributed by atoms with Crippen molar-refractivity contribution < 1.29 is 9.72 Å². The number of nitro benzene ring substituents is 1. The number of benzene rings is 2. The van der Waals surface area contributed by atoms with Crippen LogP contribution in [-0.2, 0) is 24.2 Å². The van der Waals surface area contributed by atoms with E-state index >= 15 is 0 Å². The fourth-order valence-electron chi connectivity index (χ4n) is 4.38.